The smallest absolute Gasteiger partial charge is 0.225 e. The first-order valence-corrected chi connectivity index (χ1v) is 7.59. The molecule has 0 aromatic carbocycles. The topological polar surface area (TPSA) is 80.0 Å². The Balaban J connectivity index is 1.83. The zero-order chi connectivity index (χ0) is 15.9. The van der Waals surface area contributed by atoms with Crippen LogP contribution in [0, 0.1) is 13.8 Å². The highest BCUT2D eigenvalue weighted by Crippen LogP contribution is 2.32. The molecule has 3 rings (SSSR count). The maximum Gasteiger partial charge on any atom is 0.225 e. The van der Waals surface area contributed by atoms with E-state index in [1.54, 1.807) is 4.68 Å². The van der Waals surface area contributed by atoms with Crippen LogP contribution in [0.25, 0.3) is 0 Å². The standard InChI is InChI=1S/C15H22N6O/c1-10(2)21-8-13(18-19-21)15(22)5-6-20(9-15)14-16-11(3)7-12(4)17-14/h7-8,10,22H,5-6,9H2,1-4H3/t15-/m1/s1. The van der Waals surface area contributed by atoms with Crippen molar-refractivity contribution in [1.29, 1.82) is 0 Å². The van der Waals surface area contributed by atoms with Crippen molar-refractivity contribution >= 4 is 5.95 Å². The quantitative estimate of drug-likeness (QED) is 0.922. The van der Waals surface area contributed by atoms with Crippen molar-refractivity contribution in [2.45, 2.75) is 45.8 Å². The van der Waals surface area contributed by atoms with E-state index >= 15 is 0 Å². The highest BCUT2D eigenvalue weighted by Gasteiger charge is 2.41. The predicted octanol–water partition coefficient (Wildman–Crippen LogP) is 1.36. The first kappa shape index (κ1) is 14.9. The second-order valence-corrected chi connectivity index (χ2v) is 6.33. The summed E-state index contributed by atoms with van der Waals surface area (Å²) in [5.74, 6) is 0.671. The van der Waals surface area contributed by atoms with E-state index in [0.29, 0.717) is 31.2 Å². The molecule has 3 heterocycles. The number of aliphatic hydroxyl groups is 1. The Morgan fingerprint density at radius 3 is 2.50 bits per heavy atom. The number of rotatable bonds is 3. The van der Waals surface area contributed by atoms with Gasteiger partial charge in [-0.2, -0.15) is 0 Å². The maximum atomic E-state index is 10.9. The average Bonchev–Trinajstić information content (AvgIpc) is 3.05. The fraction of sp³-hybridized carbons (Fsp3) is 0.600. The van der Waals surface area contributed by atoms with Crippen LogP contribution in [0.2, 0.25) is 0 Å². The Kier molecular flexibility index (Phi) is 3.60. The van der Waals surface area contributed by atoms with Crippen molar-refractivity contribution in [1.82, 2.24) is 25.0 Å². The van der Waals surface area contributed by atoms with Crippen LogP contribution >= 0.6 is 0 Å². The lowest BCUT2D eigenvalue weighted by molar-refractivity contribution is 0.0558. The van der Waals surface area contributed by atoms with Crippen LogP contribution in [0.1, 0.15) is 43.4 Å². The van der Waals surface area contributed by atoms with Gasteiger partial charge in [0.05, 0.1) is 12.7 Å². The molecule has 0 saturated carbocycles. The summed E-state index contributed by atoms with van der Waals surface area (Å²) in [6.07, 6.45) is 2.43. The van der Waals surface area contributed by atoms with E-state index < -0.39 is 5.60 Å². The van der Waals surface area contributed by atoms with Crippen LogP contribution in [-0.2, 0) is 5.60 Å². The highest BCUT2D eigenvalue weighted by atomic mass is 16.3. The van der Waals surface area contributed by atoms with E-state index in [1.807, 2.05) is 44.9 Å². The van der Waals surface area contributed by atoms with Crippen LogP contribution in [0.4, 0.5) is 5.95 Å². The molecular weight excluding hydrogens is 280 g/mol. The molecule has 0 spiro atoms. The number of aryl methyl sites for hydroxylation is 2. The molecular formula is C15H22N6O. The van der Waals surface area contributed by atoms with Gasteiger partial charge >= 0.3 is 0 Å². The van der Waals surface area contributed by atoms with Gasteiger partial charge in [-0.15, -0.1) is 5.10 Å². The van der Waals surface area contributed by atoms with Gasteiger partial charge in [0.25, 0.3) is 0 Å². The number of nitrogens with zero attached hydrogens (tertiary/aromatic N) is 6. The van der Waals surface area contributed by atoms with Gasteiger partial charge in [-0.25, -0.2) is 14.6 Å². The molecule has 2 aromatic rings. The fourth-order valence-corrected chi connectivity index (χ4v) is 2.76. The Morgan fingerprint density at radius 1 is 1.23 bits per heavy atom. The van der Waals surface area contributed by atoms with E-state index in [2.05, 4.69) is 20.3 Å². The number of aromatic nitrogens is 5. The van der Waals surface area contributed by atoms with E-state index in [0.717, 1.165) is 11.4 Å². The molecule has 118 valence electrons. The molecule has 0 aliphatic carbocycles. The number of anilines is 1. The van der Waals surface area contributed by atoms with Crippen molar-refractivity contribution < 1.29 is 5.11 Å². The minimum atomic E-state index is -0.992. The maximum absolute atomic E-state index is 10.9. The zero-order valence-corrected chi connectivity index (χ0v) is 13.5. The lowest BCUT2D eigenvalue weighted by atomic mass is 10.00. The monoisotopic (exact) mass is 302 g/mol. The van der Waals surface area contributed by atoms with Crippen molar-refractivity contribution in [2.75, 3.05) is 18.0 Å². The van der Waals surface area contributed by atoms with Gasteiger partial charge in [-0.1, -0.05) is 5.21 Å². The molecule has 1 fully saturated rings. The summed E-state index contributed by atoms with van der Waals surface area (Å²) >= 11 is 0. The van der Waals surface area contributed by atoms with Gasteiger partial charge in [0.2, 0.25) is 5.95 Å². The summed E-state index contributed by atoms with van der Waals surface area (Å²) in [6, 6.07) is 2.17. The van der Waals surface area contributed by atoms with Crippen LogP contribution in [-0.4, -0.2) is 43.2 Å². The van der Waals surface area contributed by atoms with Gasteiger partial charge in [0, 0.05) is 30.4 Å². The van der Waals surface area contributed by atoms with E-state index in [4.69, 9.17) is 0 Å². The third kappa shape index (κ3) is 2.68. The minimum absolute atomic E-state index is 0.227. The molecule has 0 amide bonds. The van der Waals surface area contributed by atoms with E-state index in [9.17, 15) is 5.11 Å². The molecule has 1 saturated heterocycles. The zero-order valence-electron chi connectivity index (χ0n) is 13.5. The van der Waals surface area contributed by atoms with Gasteiger partial charge in [0.15, 0.2) is 0 Å². The molecule has 1 N–H and O–H groups in total. The van der Waals surface area contributed by atoms with E-state index in [-0.39, 0.29) is 6.04 Å². The van der Waals surface area contributed by atoms with Crippen LogP contribution in [0.3, 0.4) is 0 Å². The summed E-state index contributed by atoms with van der Waals surface area (Å²) < 4.78 is 1.77. The van der Waals surface area contributed by atoms with Crippen molar-refractivity contribution in [3.63, 3.8) is 0 Å². The average molecular weight is 302 g/mol. The molecule has 2 aromatic heterocycles. The van der Waals surface area contributed by atoms with Crippen LogP contribution in [0.15, 0.2) is 12.3 Å². The second kappa shape index (κ2) is 5.31. The van der Waals surface area contributed by atoms with Crippen LogP contribution < -0.4 is 4.90 Å². The number of hydrogen-bond donors (Lipinski definition) is 1. The molecule has 1 atom stereocenters. The second-order valence-electron chi connectivity index (χ2n) is 6.33. The molecule has 1 aliphatic heterocycles. The molecule has 0 radical (unpaired) electrons. The summed E-state index contributed by atoms with van der Waals surface area (Å²) in [5.41, 5.74) is 1.49. The number of β-amino-alcohol motifs (C(OH)–C–C–N with tert-alkyl or cyclic N) is 1. The fourth-order valence-electron chi connectivity index (χ4n) is 2.76. The third-order valence-electron chi connectivity index (χ3n) is 4.02. The Morgan fingerprint density at radius 2 is 1.91 bits per heavy atom. The normalized spacial score (nSPS) is 21.8. The molecule has 1 aliphatic rings. The van der Waals surface area contributed by atoms with Gasteiger partial charge < -0.3 is 10.0 Å². The third-order valence-corrected chi connectivity index (χ3v) is 4.02. The molecule has 0 unspecified atom stereocenters. The summed E-state index contributed by atoms with van der Waals surface area (Å²) in [5, 5.41) is 19.2. The molecule has 7 nitrogen and oxygen atoms in total. The lowest BCUT2D eigenvalue weighted by Crippen LogP contribution is -2.32. The number of hydrogen-bond acceptors (Lipinski definition) is 6. The predicted molar refractivity (Wildman–Crippen MR) is 82.6 cm³/mol. The Labute approximate surface area is 130 Å². The first-order chi connectivity index (χ1) is 10.4. The van der Waals surface area contributed by atoms with Gasteiger partial charge in [0.1, 0.15) is 11.3 Å². The van der Waals surface area contributed by atoms with Crippen molar-refractivity contribution in [3.8, 4) is 0 Å². The Hall–Kier alpha value is -2.02. The van der Waals surface area contributed by atoms with Gasteiger partial charge in [-0.3, -0.25) is 0 Å². The molecule has 0 bridgehead atoms. The molecule has 22 heavy (non-hydrogen) atoms. The van der Waals surface area contributed by atoms with E-state index in [1.165, 1.54) is 0 Å². The summed E-state index contributed by atoms with van der Waals surface area (Å²) in [6.45, 7) is 9.11. The first-order valence-electron chi connectivity index (χ1n) is 7.59. The Bertz CT molecular complexity index is 662. The van der Waals surface area contributed by atoms with Crippen molar-refractivity contribution in [2.24, 2.45) is 0 Å². The largest absolute Gasteiger partial charge is 0.381 e. The summed E-state index contributed by atoms with van der Waals surface area (Å²) in [7, 11) is 0. The van der Waals surface area contributed by atoms with Crippen LogP contribution in [0.5, 0.6) is 0 Å². The van der Waals surface area contributed by atoms with Crippen molar-refractivity contribution in [3.05, 3.63) is 29.3 Å². The van der Waals surface area contributed by atoms with Gasteiger partial charge in [-0.05, 0) is 33.8 Å². The lowest BCUT2D eigenvalue weighted by Gasteiger charge is -2.21. The minimum Gasteiger partial charge on any atom is -0.381 e. The highest BCUT2D eigenvalue weighted by molar-refractivity contribution is 5.36. The SMILES string of the molecule is Cc1cc(C)nc(N2CC[C@](O)(c3cn(C(C)C)nn3)C2)n1. The summed E-state index contributed by atoms with van der Waals surface area (Å²) in [4.78, 5) is 11.0. The molecule has 7 heteroatoms.